The maximum atomic E-state index is 13.0. The van der Waals surface area contributed by atoms with Crippen molar-refractivity contribution in [2.24, 2.45) is 0 Å². The molecule has 0 saturated carbocycles. The number of sulfonamides is 1. The van der Waals surface area contributed by atoms with Gasteiger partial charge >= 0.3 is 11.6 Å². The summed E-state index contributed by atoms with van der Waals surface area (Å²) in [7, 11) is -4.15. The average Bonchev–Trinajstić information content (AvgIpc) is 2.83. The Morgan fingerprint density at radius 3 is 2.49 bits per heavy atom. The van der Waals surface area contributed by atoms with Crippen LogP contribution in [-0.4, -0.2) is 31.6 Å². The Bertz CT molecular complexity index is 1590. The van der Waals surface area contributed by atoms with Gasteiger partial charge in [-0.15, -0.1) is 0 Å². The predicted octanol–water partition coefficient (Wildman–Crippen LogP) is 3.33. The van der Waals surface area contributed by atoms with Crippen molar-refractivity contribution in [3.8, 4) is 0 Å². The van der Waals surface area contributed by atoms with Crippen molar-refractivity contribution in [3.05, 3.63) is 87.8 Å². The first-order valence-electron chi connectivity index (χ1n) is 11.0. The number of carbonyl (C=O) groups excluding carboxylic acids is 1. The van der Waals surface area contributed by atoms with Gasteiger partial charge in [-0.3, -0.25) is 4.79 Å². The maximum Gasteiger partial charge on any atom is 0.336 e. The van der Waals surface area contributed by atoms with Crippen LogP contribution in [0.4, 0.5) is 0 Å². The lowest BCUT2D eigenvalue weighted by Crippen LogP contribution is -2.48. The second-order valence-electron chi connectivity index (χ2n) is 8.43. The molecule has 0 spiro atoms. The molecule has 35 heavy (non-hydrogen) atoms. The Hall–Kier alpha value is -3.53. The summed E-state index contributed by atoms with van der Waals surface area (Å²) in [6.45, 7) is 4.69. The molecule has 0 aliphatic carbocycles. The zero-order valence-corrected chi connectivity index (χ0v) is 20.3. The Morgan fingerprint density at radius 2 is 1.77 bits per heavy atom. The van der Waals surface area contributed by atoms with E-state index in [1.165, 1.54) is 25.1 Å². The molecule has 9 heteroatoms. The molecule has 1 aromatic heterocycles. The molecule has 0 unspecified atom stereocenters. The van der Waals surface area contributed by atoms with Crippen LogP contribution in [0.1, 0.15) is 23.6 Å². The van der Waals surface area contributed by atoms with Crippen LogP contribution in [0.5, 0.6) is 0 Å². The largest absolute Gasteiger partial charge is 0.460 e. The van der Waals surface area contributed by atoms with Crippen molar-refractivity contribution in [3.63, 3.8) is 0 Å². The van der Waals surface area contributed by atoms with Gasteiger partial charge in [0.25, 0.3) is 0 Å². The third kappa shape index (κ3) is 5.12. The molecule has 4 rings (SSSR count). The highest BCUT2D eigenvalue weighted by Crippen LogP contribution is 2.24. The third-order valence-corrected chi connectivity index (χ3v) is 7.38. The van der Waals surface area contributed by atoms with Crippen molar-refractivity contribution in [2.45, 2.75) is 44.4 Å². The minimum atomic E-state index is -4.15. The number of fused-ring (bicyclic) bond motifs is 2. The van der Waals surface area contributed by atoms with Gasteiger partial charge in [0.05, 0.1) is 11.0 Å². The summed E-state index contributed by atoms with van der Waals surface area (Å²) in [5, 5.41) is 12.3. The second-order valence-corrected chi connectivity index (χ2v) is 10.1. The number of esters is 1. The van der Waals surface area contributed by atoms with E-state index >= 15 is 0 Å². The molecule has 0 bridgehead atoms. The monoisotopic (exact) mass is 495 g/mol. The van der Waals surface area contributed by atoms with Crippen molar-refractivity contribution in [1.82, 2.24) is 4.72 Å². The lowest BCUT2D eigenvalue weighted by Gasteiger charge is -2.20. The highest BCUT2D eigenvalue weighted by atomic mass is 32.2. The number of nitrogens with one attached hydrogen (secondary N) is 1. The molecule has 0 fully saturated rings. The van der Waals surface area contributed by atoms with Gasteiger partial charge in [-0.2, -0.15) is 4.72 Å². The van der Waals surface area contributed by atoms with Crippen LogP contribution >= 0.6 is 0 Å². The van der Waals surface area contributed by atoms with Crippen LogP contribution in [0.25, 0.3) is 21.7 Å². The fraction of sp³-hybridized carbons (Fsp3) is 0.231. The van der Waals surface area contributed by atoms with Gasteiger partial charge in [0.2, 0.25) is 10.0 Å². The van der Waals surface area contributed by atoms with Crippen LogP contribution in [0.15, 0.2) is 74.8 Å². The Balaban J connectivity index is 1.56. The van der Waals surface area contributed by atoms with E-state index in [0.717, 1.165) is 16.5 Å². The van der Waals surface area contributed by atoms with Crippen LogP contribution in [0.3, 0.4) is 0 Å². The van der Waals surface area contributed by atoms with Crippen LogP contribution < -0.4 is 10.3 Å². The summed E-state index contributed by atoms with van der Waals surface area (Å²) in [6.07, 6.45) is -1.37. The fourth-order valence-corrected chi connectivity index (χ4v) is 5.09. The van der Waals surface area contributed by atoms with Crippen LogP contribution in [-0.2, 0) is 26.2 Å². The average molecular weight is 496 g/mol. The maximum absolute atomic E-state index is 13.0. The minimum Gasteiger partial charge on any atom is -0.460 e. The molecule has 8 nitrogen and oxygen atoms in total. The quantitative estimate of drug-likeness (QED) is 0.298. The molecule has 0 aliphatic rings. The van der Waals surface area contributed by atoms with Gasteiger partial charge in [-0.1, -0.05) is 42.5 Å². The molecule has 2 atom stereocenters. The van der Waals surface area contributed by atoms with E-state index in [1.807, 2.05) is 32.0 Å². The predicted molar refractivity (Wildman–Crippen MR) is 131 cm³/mol. The number of hydrogen-bond acceptors (Lipinski definition) is 7. The molecule has 182 valence electrons. The number of rotatable bonds is 7. The normalized spacial score (nSPS) is 13.6. The number of ether oxygens (including phenoxy) is 1. The first-order valence-corrected chi connectivity index (χ1v) is 12.4. The molecule has 4 aromatic rings. The summed E-state index contributed by atoms with van der Waals surface area (Å²) in [6, 6.07) is 15.1. The number of hydrogen-bond donors (Lipinski definition) is 2. The first kappa shape index (κ1) is 24.6. The van der Waals surface area contributed by atoms with Crippen molar-refractivity contribution in [1.29, 1.82) is 0 Å². The van der Waals surface area contributed by atoms with E-state index in [4.69, 9.17) is 9.15 Å². The number of aliphatic hydroxyl groups excluding tert-OH is 1. The Morgan fingerprint density at radius 1 is 1.06 bits per heavy atom. The third-order valence-electron chi connectivity index (χ3n) is 5.94. The molecular formula is C26H25NO7S. The molecule has 3 aromatic carbocycles. The summed E-state index contributed by atoms with van der Waals surface area (Å²) in [4.78, 5) is 24.8. The standard InChI is InChI=1S/C26H25NO7S/c1-15-8-11-22-20(13-23(29)34-25(22)16(15)2)14-33-26(30)24(17(3)28)27-35(31,32)21-10-9-18-6-4-5-7-19(18)12-21/h4-13,17,24,27-28H,14H2,1-3H3/t17-,24+/m0/s1. The molecule has 0 aliphatic heterocycles. The fourth-order valence-electron chi connectivity index (χ4n) is 3.80. The van der Waals surface area contributed by atoms with Gasteiger partial charge < -0.3 is 14.3 Å². The highest BCUT2D eigenvalue weighted by molar-refractivity contribution is 7.89. The Labute approximate surface area is 202 Å². The summed E-state index contributed by atoms with van der Waals surface area (Å²) in [5.74, 6) is -0.977. The summed E-state index contributed by atoms with van der Waals surface area (Å²) < 4.78 is 38.8. The van der Waals surface area contributed by atoms with E-state index in [2.05, 4.69) is 4.72 Å². The smallest absolute Gasteiger partial charge is 0.336 e. The van der Waals surface area contributed by atoms with E-state index in [-0.39, 0.29) is 11.5 Å². The van der Waals surface area contributed by atoms with Gasteiger partial charge in [-0.25, -0.2) is 13.2 Å². The van der Waals surface area contributed by atoms with Crippen molar-refractivity contribution >= 4 is 37.7 Å². The van der Waals surface area contributed by atoms with Gasteiger partial charge in [0.15, 0.2) is 0 Å². The number of aryl methyl sites for hydroxylation is 2. The van der Waals surface area contributed by atoms with Crippen LogP contribution in [0.2, 0.25) is 0 Å². The molecule has 0 radical (unpaired) electrons. The number of carbonyl (C=O) groups is 1. The molecule has 0 saturated heterocycles. The number of benzene rings is 3. The van der Waals surface area contributed by atoms with Gasteiger partial charge in [0, 0.05) is 17.0 Å². The van der Waals surface area contributed by atoms with Gasteiger partial charge in [-0.05, 0) is 54.8 Å². The van der Waals surface area contributed by atoms with Crippen molar-refractivity contribution < 1.29 is 27.5 Å². The van der Waals surface area contributed by atoms with E-state index in [0.29, 0.717) is 21.9 Å². The minimum absolute atomic E-state index is 0.0489. The lowest BCUT2D eigenvalue weighted by atomic mass is 10.0. The highest BCUT2D eigenvalue weighted by Gasteiger charge is 2.31. The molecule has 0 amide bonds. The molecular weight excluding hydrogens is 470 g/mol. The first-order chi connectivity index (χ1) is 16.6. The zero-order valence-electron chi connectivity index (χ0n) is 19.4. The SMILES string of the molecule is Cc1ccc2c(COC(=O)[C@H](NS(=O)(=O)c3ccc4ccccc4c3)[C@H](C)O)cc(=O)oc2c1C. The topological polar surface area (TPSA) is 123 Å². The molecule has 2 N–H and O–H groups in total. The lowest BCUT2D eigenvalue weighted by molar-refractivity contribution is -0.149. The second kappa shape index (κ2) is 9.61. The summed E-state index contributed by atoms with van der Waals surface area (Å²) >= 11 is 0. The zero-order chi connectivity index (χ0) is 25.3. The molecule has 1 heterocycles. The summed E-state index contributed by atoms with van der Waals surface area (Å²) in [5.41, 5.74) is 1.94. The van der Waals surface area contributed by atoms with E-state index in [9.17, 15) is 23.1 Å². The Kier molecular flexibility index (Phi) is 6.75. The van der Waals surface area contributed by atoms with E-state index < -0.39 is 33.8 Å². The van der Waals surface area contributed by atoms with Crippen molar-refractivity contribution in [2.75, 3.05) is 0 Å². The van der Waals surface area contributed by atoms with E-state index in [1.54, 1.807) is 24.3 Å². The van der Waals surface area contributed by atoms with Gasteiger partial charge in [0.1, 0.15) is 18.2 Å². The number of aliphatic hydroxyl groups is 1. The van der Waals surface area contributed by atoms with Crippen LogP contribution in [0, 0.1) is 13.8 Å².